The number of nitrogens with zero attached hydrogens (tertiary/aromatic N) is 2. The van der Waals surface area contributed by atoms with Gasteiger partial charge in [-0.25, -0.2) is 18.1 Å². The van der Waals surface area contributed by atoms with E-state index >= 15 is 0 Å². The molecule has 0 unspecified atom stereocenters. The van der Waals surface area contributed by atoms with Crippen LogP contribution in [0, 0.1) is 5.41 Å². The maximum absolute atomic E-state index is 12.6. The maximum atomic E-state index is 12.6. The van der Waals surface area contributed by atoms with Gasteiger partial charge in [0.15, 0.2) is 10.2 Å². The normalized spacial score (nSPS) is 17.2. The Hall–Kier alpha value is -1.11. The van der Waals surface area contributed by atoms with Crippen molar-refractivity contribution < 1.29 is 8.42 Å². The molecule has 0 atom stereocenters. The zero-order valence-corrected chi connectivity index (χ0v) is 13.4. The zero-order chi connectivity index (χ0) is 15.1. The minimum atomic E-state index is -3.67. The number of hydrogen-bond donors (Lipinski definition) is 1. The number of aromatic nitrogens is 2. The molecule has 1 saturated carbocycles. The molecule has 1 fully saturated rings. The molecule has 2 heterocycles. The van der Waals surface area contributed by atoms with Gasteiger partial charge in [-0.1, -0.05) is 31.0 Å². The lowest BCUT2D eigenvalue weighted by Crippen LogP contribution is -2.31. The quantitative estimate of drug-likeness (QED) is 0.887. The van der Waals surface area contributed by atoms with Gasteiger partial charge in [-0.3, -0.25) is 4.40 Å². The second-order valence-electron chi connectivity index (χ2n) is 5.71. The standard InChI is InChI=1S/C14H18ClN3O2S/c1-2-6-14(7-8-14)10-16-21(19,20)13-12(15)17-11-5-3-4-9-18(11)13/h3-5,9,16H,2,6-8,10H2,1H3. The highest BCUT2D eigenvalue weighted by Gasteiger charge is 2.42. The van der Waals surface area contributed by atoms with Gasteiger partial charge >= 0.3 is 0 Å². The van der Waals surface area contributed by atoms with Crippen molar-refractivity contribution in [3.8, 4) is 0 Å². The summed E-state index contributed by atoms with van der Waals surface area (Å²) < 4.78 is 29.3. The summed E-state index contributed by atoms with van der Waals surface area (Å²) in [7, 11) is -3.67. The number of hydrogen-bond acceptors (Lipinski definition) is 3. The average Bonchev–Trinajstić information content (AvgIpc) is 3.11. The zero-order valence-electron chi connectivity index (χ0n) is 11.8. The number of nitrogens with one attached hydrogen (secondary N) is 1. The molecule has 114 valence electrons. The number of pyridine rings is 1. The van der Waals surface area contributed by atoms with Crippen LogP contribution in [-0.4, -0.2) is 24.3 Å². The van der Waals surface area contributed by atoms with Gasteiger partial charge in [0.05, 0.1) is 0 Å². The van der Waals surface area contributed by atoms with Crippen molar-refractivity contribution in [3.63, 3.8) is 0 Å². The van der Waals surface area contributed by atoms with E-state index < -0.39 is 10.0 Å². The molecule has 5 nitrogen and oxygen atoms in total. The maximum Gasteiger partial charge on any atom is 0.259 e. The van der Waals surface area contributed by atoms with Crippen LogP contribution in [0.2, 0.25) is 5.15 Å². The summed E-state index contributed by atoms with van der Waals surface area (Å²) in [6.45, 7) is 2.59. The summed E-state index contributed by atoms with van der Waals surface area (Å²) in [4.78, 5) is 4.09. The van der Waals surface area contributed by atoms with E-state index in [-0.39, 0.29) is 15.6 Å². The van der Waals surface area contributed by atoms with Gasteiger partial charge in [0.1, 0.15) is 5.65 Å². The molecule has 7 heteroatoms. The van der Waals surface area contributed by atoms with Crippen molar-refractivity contribution in [2.75, 3.05) is 6.54 Å². The van der Waals surface area contributed by atoms with E-state index in [1.165, 1.54) is 4.40 Å². The average molecular weight is 328 g/mol. The summed E-state index contributed by atoms with van der Waals surface area (Å²) in [5.74, 6) is 0. The van der Waals surface area contributed by atoms with Crippen LogP contribution in [0.5, 0.6) is 0 Å². The molecule has 0 radical (unpaired) electrons. The van der Waals surface area contributed by atoms with Crippen LogP contribution < -0.4 is 4.72 Å². The monoisotopic (exact) mass is 327 g/mol. The Morgan fingerprint density at radius 2 is 2.19 bits per heavy atom. The SMILES string of the molecule is CCCC1(CNS(=O)(=O)c2c(Cl)nc3ccccn23)CC1. The second-order valence-corrected chi connectivity index (χ2v) is 7.75. The van der Waals surface area contributed by atoms with Gasteiger partial charge in [-0.2, -0.15) is 0 Å². The van der Waals surface area contributed by atoms with Crippen LogP contribution in [0.1, 0.15) is 32.6 Å². The molecular formula is C14H18ClN3O2S. The fraction of sp³-hybridized carbons (Fsp3) is 0.500. The molecule has 0 amide bonds. The van der Waals surface area contributed by atoms with Gasteiger partial charge in [0, 0.05) is 12.7 Å². The van der Waals surface area contributed by atoms with Crippen LogP contribution in [-0.2, 0) is 10.0 Å². The molecule has 2 aromatic rings. The first kappa shape index (κ1) is 14.8. The highest BCUT2D eigenvalue weighted by Crippen LogP contribution is 2.49. The van der Waals surface area contributed by atoms with Gasteiger partial charge in [0.25, 0.3) is 10.0 Å². The Balaban J connectivity index is 1.88. The first-order chi connectivity index (χ1) is 9.97. The van der Waals surface area contributed by atoms with Crippen molar-refractivity contribution in [2.45, 2.75) is 37.6 Å². The molecule has 1 N–H and O–H groups in total. The van der Waals surface area contributed by atoms with Crippen LogP contribution >= 0.6 is 11.6 Å². The Kier molecular flexibility index (Phi) is 3.71. The predicted octanol–water partition coefficient (Wildman–Crippen LogP) is 2.85. The summed E-state index contributed by atoms with van der Waals surface area (Å²) in [5.41, 5.74) is 0.673. The van der Waals surface area contributed by atoms with E-state index in [0.717, 1.165) is 25.7 Å². The Labute approximate surface area is 129 Å². The van der Waals surface area contributed by atoms with Gasteiger partial charge in [-0.05, 0) is 36.8 Å². The number of rotatable bonds is 6. The third-order valence-corrected chi connectivity index (χ3v) is 5.87. The first-order valence-electron chi connectivity index (χ1n) is 7.10. The van der Waals surface area contributed by atoms with Crippen molar-refractivity contribution in [1.29, 1.82) is 0 Å². The van der Waals surface area contributed by atoms with Gasteiger partial charge < -0.3 is 0 Å². The lowest BCUT2D eigenvalue weighted by Gasteiger charge is -2.15. The topological polar surface area (TPSA) is 63.5 Å². The fourth-order valence-corrected chi connectivity index (χ4v) is 4.52. The molecule has 1 aliphatic rings. The van der Waals surface area contributed by atoms with E-state index in [0.29, 0.717) is 12.2 Å². The lowest BCUT2D eigenvalue weighted by molar-refractivity contribution is 0.449. The number of fused-ring (bicyclic) bond motifs is 1. The first-order valence-corrected chi connectivity index (χ1v) is 8.96. The van der Waals surface area contributed by atoms with Crippen LogP contribution in [0.25, 0.3) is 5.65 Å². The molecule has 21 heavy (non-hydrogen) atoms. The fourth-order valence-electron chi connectivity index (χ4n) is 2.72. The number of halogens is 1. The van der Waals surface area contributed by atoms with Gasteiger partial charge in [-0.15, -0.1) is 0 Å². The molecule has 3 rings (SSSR count). The molecule has 0 aliphatic heterocycles. The molecule has 0 spiro atoms. The lowest BCUT2D eigenvalue weighted by atomic mass is 10.0. The molecule has 0 bridgehead atoms. The van der Waals surface area contributed by atoms with E-state index in [1.54, 1.807) is 24.4 Å². The molecule has 0 saturated heterocycles. The number of imidazole rings is 1. The highest BCUT2D eigenvalue weighted by atomic mass is 35.5. The summed E-state index contributed by atoms with van der Waals surface area (Å²) >= 11 is 6.03. The molecule has 0 aromatic carbocycles. The Morgan fingerprint density at radius 3 is 2.86 bits per heavy atom. The van der Waals surface area contributed by atoms with E-state index in [2.05, 4.69) is 16.6 Å². The van der Waals surface area contributed by atoms with Crippen molar-refractivity contribution in [1.82, 2.24) is 14.1 Å². The number of sulfonamides is 1. The summed E-state index contributed by atoms with van der Waals surface area (Å²) in [5, 5.41) is 0.0288. The summed E-state index contributed by atoms with van der Waals surface area (Å²) in [6.07, 6.45) is 5.95. The van der Waals surface area contributed by atoms with Crippen molar-refractivity contribution in [2.24, 2.45) is 5.41 Å². The molecule has 2 aromatic heterocycles. The van der Waals surface area contributed by atoms with E-state index in [1.807, 2.05) is 0 Å². The largest absolute Gasteiger partial charge is 0.288 e. The van der Waals surface area contributed by atoms with E-state index in [4.69, 9.17) is 11.6 Å². The minimum Gasteiger partial charge on any atom is -0.288 e. The molecule has 1 aliphatic carbocycles. The van der Waals surface area contributed by atoms with Crippen LogP contribution in [0.3, 0.4) is 0 Å². The van der Waals surface area contributed by atoms with Crippen LogP contribution in [0.4, 0.5) is 0 Å². The summed E-state index contributed by atoms with van der Waals surface area (Å²) in [6, 6.07) is 5.27. The predicted molar refractivity (Wildman–Crippen MR) is 82.0 cm³/mol. The Bertz CT molecular complexity index is 766. The second kappa shape index (κ2) is 5.26. The van der Waals surface area contributed by atoms with Gasteiger partial charge in [0.2, 0.25) is 0 Å². The Morgan fingerprint density at radius 1 is 1.43 bits per heavy atom. The van der Waals surface area contributed by atoms with Crippen molar-refractivity contribution >= 4 is 27.3 Å². The third-order valence-electron chi connectivity index (χ3n) is 4.08. The smallest absolute Gasteiger partial charge is 0.259 e. The van der Waals surface area contributed by atoms with Crippen molar-refractivity contribution in [3.05, 3.63) is 29.5 Å². The third kappa shape index (κ3) is 2.80. The van der Waals surface area contributed by atoms with E-state index in [9.17, 15) is 8.42 Å². The van der Waals surface area contributed by atoms with Crippen LogP contribution in [0.15, 0.2) is 29.4 Å². The minimum absolute atomic E-state index is 0.00837. The highest BCUT2D eigenvalue weighted by molar-refractivity contribution is 7.89. The molecular weight excluding hydrogens is 310 g/mol.